The molecule has 3 aromatic rings. The van der Waals surface area contributed by atoms with E-state index in [1.807, 2.05) is 12.1 Å². The zero-order valence-corrected chi connectivity index (χ0v) is 22.0. The highest BCUT2D eigenvalue weighted by molar-refractivity contribution is 6.35. The monoisotopic (exact) mass is 521 g/mol. The molecule has 0 N–H and O–H groups in total. The van der Waals surface area contributed by atoms with Gasteiger partial charge in [0.2, 0.25) is 5.91 Å². The summed E-state index contributed by atoms with van der Waals surface area (Å²) < 4.78 is 0. The third-order valence-corrected chi connectivity index (χ3v) is 8.07. The van der Waals surface area contributed by atoms with Crippen LogP contribution in [0.4, 0.5) is 0 Å². The minimum absolute atomic E-state index is 0.0513. The number of piperazine rings is 1. The summed E-state index contributed by atoms with van der Waals surface area (Å²) in [6, 6.07) is 27.3. The zero-order chi connectivity index (χ0) is 24.9. The fourth-order valence-corrected chi connectivity index (χ4v) is 6.10. The molecule has 0 saturated carbocycles. The SMILES string of the molecule is O=C([C@H]1CCCN(Cc2ccc(Cl)cc2Cl)C1)N1CCN(C(c2ccccc2)c2ccccc2)CC1. The Kier molecular flexibility index (Phi) is 8.28. The van der Waals surface area contributed by atoms with Crippen molar-refractivity contribution in [3.05, 3.63) is 106 Å². The number of hydrogen-bond acceptors (Lipinski definition) is 3. The van der Waals surface area contributed by atoms with Gasteiger partial charge in [0.1, 0.15) is 0 Å². The smallest absolute Gasteiger partial charge is 0.227 e. The first-order valence-corrected chi connectivity index (χ1v) is 13.6. The van der Waals surface area contributed by atoms with Crippen LogP contribution in [-0.2, 0) is 11.3 Å². The number of amides is 1. The lowest BCUT2D eigenvalue weighted by Gasteiger charge is -2.42. The molecule has 0 aliphatic carbocycles. The van der Waals surface area contributed by atoms with E-state index in [1.54, 1.807) is 6.07 Å². The highest BCUT2D eigenvalue weighted by atomic mass is 35.5. The average molecular weight is 523 g/mol. The van der Waals surface area contributed by atoms with Crippen LogP contribution in [0.5, 0.6) is 0 Å². The quantitative estimate of drug-likeness (QED) is 0.389. The van der Waals surface area contributed by atoms with Gasteiger partial charge in [-0.3, -0.25) is 14.6 Å². The van der Waals surface area contributed by atoms with E-state index in [0.717, 1.165) is 64.2 Å². The molecule has 0 bridgehead atoms. The Hall–Kier alpha value is -2.37. The highest BCUT2D eigenvalue weighted by Gasteiger charge is 2.33. The van der Waals surface area contributed by atoms with Crippen molar-refractivity contribution in [2.75, 3.05) is 39.3 Å². The fourth-order valence-electron chi connectivity index (χ4n) is 5.63. The number of likely N-dealkylation sites (tertiary alicyclic amines) is 1. The maximum absolute atomic E-state index is 13.5. The van der Waals surface area contributed by atoms with E-state index in [-0.39, 0.29) is 12.0 Å². The lowest BCUT2D eigenvalue weighted by Crippen LogP contribution is -2.53. The van der Waals surface area contributed by atoms with E-state index in [1.165, 1.54) is 11.1 Å². The Bertz CT molecular complexity index is 1110. The maximum atomic E-state index is 13.5. The second-order valence-corrected chi connectivity index (χ2v) is 10.7. The third-order valence-electron chi connectivity index (χ3n) is 7.49. The van der Waals surface area contributed by atoms with Crippen LogP contribution in [0.3, 0.4) is 0 Å². The summed E-state index contributed by atoms with van der Waals surface area (Å²) in [4.78, 5) is 20.5. The zero-order valence-electron chi connectivity index (χ0n) is 20.5. The first-order chi connectivity index (χ1) is 17.6. The van der Waals surface area contributed by atoms with Crippen molar-refractivity contribution < 1.29 is 4.79 Å². The number of hydrogen-bond donors (Lipinski definition) is 0. The van der Waals surface area contributed by atoms with Crippen LogP contribution >= 0.6 is 23.2 Å². The largest absolute Gasteiger partial charge is 0.340 e. The molecule has 1 atom stereocenters. The lowest BCUT2D eigenvalue weighted by atomic mass is 9.94. The van der Waals surface area contributed by atoms with Crippen molar-refractivity contribution in [1.82, 2.24) is 14.7 Å². The molecule has 188 valence electrons. The Labute approximate surface area is 224 Å². The van der Waals surface area contributed by atoms with E-state index in [2.05, 4.69) is 75.4 Å². The van der Waals surface area contributed by atoms with E-state index < -0.39 is 0 Å². The number of nitrogens with zero attached hydrogens (tertiary/aromatic N) is 3. The Morgan fingerprint density at radius 2 is 1.47 bits per heavy atom. The third kappa shape index (κ3) is 5.95. The first-order valence-electron chi connectivity index (χ1n) is 12.9. The van der Waals surface area contributed by atoms with Gasteiger partial charge in [0, 0.05) is 49.3 Å². The van der Waals surface area contributed by atoms with Crippen LogP contribution in [-0.4, -0.2) is 59.9 Å². The van der Waals surface area contributed by atoms with Gasteiger partial charge < -0.3 is 4.90 Å². The summed E-state index contributed by atoms with van der Waals surface area (Å²) in [5.74, 6) is 0.355. The van der Waals surface area contributed by atoms with Gasteiger partial charge in [-0.1, -0.05) is 89.9 Å². The van der Waals surface area contributed by atoms with Crippen LogP contribution in [0.1, 0.15) is 35.6 Å². The normalized spacial score (nSPS) is 19.5. The van der Waals surface area contributed by atoms with Crippen LogP contribution in [0.25, 0.3) is 0 Å². The van der Waals surface area contributed by atoms with Gasteiger partial charge >= 0.3 is 0 Å². The van der Waals surface area contributed by atoms with Gasteiger partial charge in [0.15, 0.2) is 0 Å². The molecule has 2 fully saturated rings. The molecule has 4 nitrogen and oxygen atoms in total. The first kappa shape index (κ1) is 25.3. The highest BCUT2D eigenvalue weighted by Crippen LogP contribution is 2.30. The average Bonchev–Trinajstić information content (AvgIpc) is 2.92. The van der Waals surface area contributed by atoms with E-state index in [9.17, 15) is 4.79 Å². The number of halogens is 2. The molecule has 2 aliphatic heterocycles. The summed E-state index contributed by atoms with van der Waals surface area (Å²) >= 11 is 12.5. The summed E-state index contributed by atoms with van der Waals surface area (Å²) in [7, 11) is 0. The molecule has 36 heavy (non-hydrogen) atoms. The molecule has 1 amide bonds. The summed E-state index contributed by atoms with van der Waals surface area (Å²) in [6.07, 6.45) is 1.99. The summed E-state index contributed by atoms with van der Waals surface area (Å²) in [5, 5.41) is 1.34. The number of rotatable bonds is 6. The number of piperidine rings is 1. The van der Waals surface area contributed by atoms with Crippen LogP contribution in [0, 0.1) is 5.92 Å². The van der Waals surface area contributed by atoms with E-state index in [4.69, 9.17) is 23.2 Å². The van der Waals surface area contributed by atoms with Crippen molar-refractivity contribution >= 4 is 29.1 Å². The van der Waals surface area contributed by atoms with Gasteiger partial charge in [0.05, 0.1) is 12.0 Å². The number of carbonyl (C=O) groups excluding carboxylic acids is 1. The van der Waals surface area contributed by atoms with Gasteiger partial charge in [-0.15, -0.1) is 0 Å². The standard InChI is InChI=1S/C30H33Cl2N3O/c31-27-14-13-25(28(32)20-27)21-33-15-7-12-26(22-33)30(36)35-18-16-34(17-19-35)29(23-8-3-1-4-9-23)24-10-5-2-6-11-24/h1-6,8-11,13-14,20,26,29H,7,12,15-19,21-22H2/t26-/m0/s1. The molecule has 2 saturated heterocycles. The molecule has 2 aliphatic rings. The van der Waals surface area contributed by atoms with E-state index >= 15 is 0 Å². The molecule has 0 spiro atoms. The Morgan fingerprint density at radius 1 is 0.833 bits per heavy atom. The molecule has 0 unspecified atom stereocenters. The minimum atomic E-state index is 0.0513. The lowest BCUT2D eigenvalue weighted by molar-refractivity contribution is -0.139. The molecular weight excluding hydrogens is 489 g/mol. The maximum Gasteiger partial charge on any atom is 0.227 e. The molecule has 3 aromatic carbocycles. The number of benzene rings is 3. The van der Waals surface area contributed by atoms with Gasteiger partial charge in [-0.25, -0.2) is 0 Å². The molecule has 0 aromatic heterocycles. The summed E-state index contributed by atoms with van der Waals surface area (Å²) in [6.45, 7) is 5.82. The van der Waals surface area contributed by atoms with Crippen molar-refractivity contribution in [2.24, 2.45) is 5.92 Å². The van der Waals surface area contributed by atoms with Gasteiger partial charge in [-0.2, -0.15) is 0 Å². The second kappa shape index (κ2) is 11.8. The van der Waals surface area contributed by atoms with Crippen LogP contribution < -0.4 is 0 Å². The van der Waals surface area contributed by atoms with Crippen LogP contribution in [0.2, 0.25) is 10.0 Å². The van der Waals surface area contributed by atoms with Crippen molar-refractivity contribution in [2.45, 2.75) is 25.4 Å². The molecule has 0 radical (unpaired) electrons. The van der Waals surface area contributed by atoms with Gasteiger partial charge in [0.25, 0.3) is 0 Å². The predicted molar refractivity (Wildman–Crippen MR) is 147 cm³/mol. The van der Waals surface area contributed by atoms with Crippen molar-refractivity contribution in [3.8, 4) is 0 Å². The van der Waals surface area contributed by atoms with Crippen molar-refractivity contribution in [3.63, 3.8) is 0 Å². The number of carbonyl (C=O) groups is 1. The molecule has 6 heteroatoms. The second-order valence-electron chi connectivity index (χ2n) is 9.90. The molecule has 2 heterocycles. The van der Waals surface area contributed by atoms with Crippen molar-refractivity contribution in [1.29, 1.82) is 0 Å². The molecular formula is C30H33Cl2N3O. The molecule has 5 rings (SSSR count). The van der Waals surface area contributed by atoms with Crippen LogP contribution in [0.15, 0.2) is 78.9 Å². The predicted octanol–water partition coefficient (Wildman–Crippen LogP) is 6.14. The Balaban J connectivity index is 1.21. The van der Waals surface area contributed by atoms with Gasteiger partial charge in [-0.05, 0) is 48.2 Å². The Morgan fingerprint density at radius 3 is 2.08 bits per heavy atom. The fraction of sp³-hybridized carbons (Fsp3) is 0.367. The minimum Gasteiger partial charge on any atom is -0.340 e. The van der Waals surface area contributed by atoms with E-state index in [0.29, 0.717) is 16.0 Å². The topological polar surface area (TPSA) is 26.8 Å². The summed E-state index contributed by atoms with van der Waals surface area (Å²) in [5.41, 5.74) is 3.66.